The van der Waals surface area contributed by atoms with Gasteiger partial charge in [0.05, 0.1) is 22.4 Å². The summed E-state index contributed by atoms with van der Waals surface area (Å²) in [6, 6.07) is 9.31. The molecule has 1 fully saturated rings. The first kappa shape index (κ1) is 27.3. The first-order valence-electron chi connectivity index (χ1n) is 9.78. The van der Waals surface area contributed by atoms with Crippen LogP contribution in [0.15, 0.2) is 58.0 Å². The van der Waals surface area contributed by atoms with E-state index in [-0.39, 0.29) is 30.5 Å². The van der Waals surface area contributed by atoms with Crippen LogP contribution < -0.4 is 10.0 Å². The molecular formula is C21H24Cl2F3N3O3S. The highest BCUT2D eigenvalue weighted by atomic mass is 35.5. The lowest BCUT2D eigenvalue weighted by Crippen LogP contribution is -2.48. The molecule has 33 heavy (non-hydrogen) atoms. The van der Waals surface area contributed by atoms with Gasteiger partial charge in [-0.25, -0.2) is 8.42 Å². The molecule has 182 valence electrons. The lowest BCUT2D eigenvalue weighted by molar-refractivity contribution is -0.139. The molecule has 0 spiro atoms. The molecule has 0 aliphatic carbocycles. The van der Waals surface area contributed by atoms with Crippen molar-refractivity contribution in [2.75, 3.05) is 24.4 Å². The summed E-state index contributed by atoms with van der Waals surface area (Å²) in [5.41, 5.74) is 0.370. The molecule has 0 bridgehead atoms. The minimum Gasteiger partial charge on any atom is -0.464 e. The van der Waals surface area contributed by atoms with E-state index >= 15 is 0 Å². The fourth-order valence-corrected chi connectivity index (χ4v) is 5.14. The van der Waals surface area contributed by atoms with E-state index in [4.69, 9.17) is 4.42 Å². The lowest BCUT2D eigenvalue weighted by Gasteiger charge is -2.31. The summed E-state index contributed by atoms with van der Waals surface area (Å²) in [7, 11) is -4.46. The normalized spacial score (nSPS) is 17.3. The van der Waals surface area contributed by atoms with E-state index in [1.165, 1.54) is 12.3 Å². The zero-order chi connectivity index (χ0) is 22.2. The Morgan fingerprint density at radius 2 is 1.91 bits per heavy atom. The fraction of sp³-hybridized carbons (Fsp3) is 0.333. The maximum absolute atomic E-state index is 13.3. The first-order chi connectivity index (χ1) is 14.6. The van der Waals surface area contributed by atoms with Gasteiger partial charge < -0.3 is 9.73 Å². The van der Waals surface area contributed by atoms with Crippen LogP contribution in [0.25, 0.3) is 11.0 Å². The van der Waals surface area contributed by atoms with Crippen molar-refractivity contribution >= 4 is 51.5 Å². The number of anilines is 1. The number of alkyl halides is 3. The molecule has 4 rings (SSSR count). The van der Waals surface area contributed by atoms with Gasteiger partial charge in [-0.15, -0.1) is 24.8 Å². The van der Waals surface area contributed by atoms with Gasteiger partial charge in [-0.1, -0.05) is 12.1 Å². The Labute approximate surface area is 202 Å². The minimum atomic E-state index is -4.79. The molecule has 1 saturated heterocycles. The van der Waals surface area contributed by atoms with Crippen molar-refractivity contribution < 1.29 is 26.0 Å². The number of nitrogens with zero attached hydrogens (tertiary/aromatic N) is 1. The lowest BCUT2D eigenvalue weighted by atomic mass is 10.1. The number of halogens is 5. The maximum atomic E-state index is 13.3. The third-order valence-electron chi connectivity index (χ3n) is 5.21. The SMILES string of the molecule is CC1CN(Cc2cc(NS(=O)(=O)c3ccccc3C(F)(F)F)cc3ccoc23)CCN1.Cl.Cl. The fourth-order valence-electron chi connectivity index (χ4n) is 3.87. The number of benzene rings is 2. The highest BCUT2D eigenvalue weighted by Crippen LogP contribution is 2.35. The van der Waals surface area contributed by atoms with Gasteiger partial charge in [0.1, 0.15) is 5.58 Å². The van der Waals surface area contributed by atoms with Crippen molar-refractivity contribution in [2.45, 2.75) is 30.6 Å². The van der Waals surface area contributed by atoms with Gasteiger partial charge >= 0.3 is 6.18 Å². The molecule has 3 aromatic rings. The molecule has 0 radical (unpaired) electrons. The molecule has 1 atom stereocenters. The van der Waals surface area contributed by atoms with Gasteiger partial charge in [0.2, 0.25) is 0 Å². The van der Waals surface area contributed by atoms with E-state index in [1.807, 2.05) is 0 Å². The van der Waals surface area contributed by atoms with E-state index < -0.39 is 26.7 Å². The Bertz CT molecular complexity index is 1200. The predicted octanol–water partition coefficient (Wildman–Crippen LogP) is 4.89. The van der Waals surface area contributed by atoms with Crippen LogP contribution in [0.2, 0.25) is 0 Å². The number of rotatable bonds is 5. The molecule has 12 heteroatoms. The molecule has 6 nitrogen and oxygen atoms in total. The van der Waals surface area contributed by atoms with Crippen LogP contribution in [0.4, 0.5) is 18.9 Å². The Morgan fingerprint density at radius 3 is 2.61 bits per heavy atom. The Kier molecular flexibility index (Phi) is 8.69. The number of furan rings is 1. The first-order valence-corrected chi connectivity index (χ1v) is 11.3. The Hall–Kier alpha value is -1.98. The number of piperazine rings is 1. The number of nitrogens with one attached hydrogen (secondary N) is 2. The maximum Gasteiger partial charge on any atom is 0.417 e. The van der Waals surface area contributed by atoms with Crippen LogP contribution in [-0.4, -0.2) is 39.0 Å². The second kappa shape index (κ2) is 10.5. The zero-order valence-electron chi connectivity index (χ0n) is 17.6. The van der Waals surface area contributed by atoms with E-state index in [2.05, 4.69) is 21.9 Å². The summed E-state index contributed by atoms with van der Waals surface area (Å²) in [5.74, 6) is 0. The van der Waals surface area contributed by atoms with E-state index in [0.717, 1.165) is 43.4 Å². The summed E-state index contributed by atoms with van der Waals surface area (Å²) in [5, 5.41) is 4.03. The number of fused-ring (bicyclic) bond motifs is 1. The van der Waals surface area contributed by atoms with Gasteiger partial charge in [0, 0.05) is 43.2 Å². The molecule has 0 saturated carbocycles. The largest absolute Gasteiger partial charge is 0.464 e. The van der Waals surface area contributed by atoms with Gasteiger partial charge in [0.15, 0.2) is 0 Å². The topological polar surface area (TPSA) is 74.6 Å². The third-order valence-corrected chi connectivity index (χ3v) is 6.65. The molecule has 2 aromatic carbocycles. The van der Waals surface area contributed by atoms with Crippen molar-refractivity contribution in [1.29, 1.82) is 0 Å². The summed E-state index contributed by atoms with van der Waals surface area (Å²) < 4.78 is 73.5. The van der Waals surface area contributed by atoms with E-state index in [0.29, 0.717) is 23.6 Å². The monoisotopic (exact) mass is 525 g/mol. The number of sulfonamides is 1. The van der Waals surface area contributed by atoms with Crippen LogP contribution in [0.3, 0.4) is 0 Å². The Balaban J connectivity index is 0.00000193. The van der Waals surface area contributed by atoms with Crippen LogP contribution in [0.1, 0.15) is 18.1 Å². The van der Waals surface area contributed by atoms with E-state index in [9.17, 15) is 21.6 Å². The average Bonchev–Trinajstić information content (AvgIpc) is 3.16. The number of hydrogen-bond donors (Lipinski definition) is 2. The molecule has 0 amide bonds. The van der Waals surface area contributed by atoms with E-state index in [1.54, 1.807) is 18.2 Å². The van der Waals surface area contributed by atoms with Crippen molar-refractivity contribution in [1.82, 2.24) is 10.2 Å². The summed E-state index contributed by atoms with van der Waals surface area (Å²) in [4.78, 5) is 1.41. The second-order valence-electron chi connectivity index (χ2n) is 7.66. The van der Waals surface area contributed by atoms with Crippen molar-refractivity contribution in [2.24, 2.45) is 0 Å². The van der Waals surface area contributed by atoms with Crippen LogP contribution >= 0.6 is 24.8 Å². The zero-order valence-corrected chi connectivity index (χ0v) is 20.0. The van der Waals surface area contributed by atoms with Crippen molar-refractivity contribution in [3.8, 4) is 0 Å². The second-order valence-corrected chi connectivity index (χ2v) is 9.31. The molecule has 1 aromatic heterocycles. The van der Waals surface area contributed by atoms with Gasteiger partial charge in [0.25, 0.3) is 10.0 Å². The van der Waals surface area contributed by atoms with Crippen molar-refractivity contribution in [3.05, 3.63) is 59.9 Å². The van der Waals surface area contributed by atoms with Gasteiger partial charge in [-0.2, -0.15) is 13.2 Å². The molecular weight excluding hydrogens is 502 g/mol. The van der Waals surface area contributed by atoms with Crippen LogP contribution in [0.5, 0.6) is 0 Å². The molecule has 2 heterocycles. The van der Waals surface area contributed by atoms with Gasteiger partial charge in [-0.3, -0.25) is 9.62 Å². The predicted molar refractivity (Wildman–Crippen MR) is 126 cm³/mol. The van der Waals surface area contributed by atoms with Crippen molar-refractivity contribution in [3.63, 3.8) is 0 Å². The van der Waals surface area contributed by atoms with Crippen LogP contribution in [-0.2, 0) is 22.7 Å². The summed E-state index contributed by atoms with van der Waals surface area (Å²) >= 11 is 0. The minimum absolute atomic E-state index is 0. The average molecular weight is 526 g/mol. The number of hydrogen-bond acceptors (Lipinski definition) is 5. The smallest absolute Gasteiger partial charge is 0.417 e. The standard InChI is InChI=1S/C21H22F3N3O3S.2ClH/c1-14-12-27(8-7-25-14)13-16-11-17(10-15-6-9-30-20(15)16)26-31(28,29)19-5-3-2-4-18(19)21(22,23)24;;/h2-6,9-11,14,25-26H,7-8,12-13H2,1H3;2*1H. The highest BCUT2D eigenvalue weighted by molar-refractivity contribution is 7.92. The third kappa shape index (κ3) is 6.13. The van der Waals surface area contributed by atoms with Gasteiger partial charge in [-0.05, 0) is 37.3 Å². The molecule has 1 aliphatic heterocycles. The summed E-state index contributed by atoms with van der Waals surface area (Å²) in [6.07, 6.45) is -3.28. The summed E-state index contributed by atoms with van der Waals surface area (Å²) in [6.45, 7) is 5.09. The Morgan fingerprint density at radius 1 is 1.18 bits per heavy atom. The quantitative estimate of drug-likeness (QED) is 0.496. The molecule has 2 N–H and O–H groups in total. The highest BCUT2D eigenvalue weighted by Gasteiger charge is 2.37. The van der Waals surface area contributed by atoms with Crippen LogP contribution in [0, 0.1) is 0 Å². The molecule has 1 unspecified atom stereocenters. The molecule has 1 aliphatic rings.